The van der Waals surface area contributed by atoms with Crippen molar-refractivity contribution in [3.8, 4) is 11.5 Å². The molecule has 146 valence electrons. The summed E-state index contributed by atoms with van der Waals surface area (Å²) >= 11 is 0. The topological polar surface area (TPSA) is 101 Å². The van der Waals surface area contributed by atoms with Gasteiger partial charge in [-0.05, 0) is 38.1 Å². The maximum absolute atomic E-state index is 11.9. The van der Waals surface area contributed by atoms with Crippen molar-refractivity contribution >= 4 is 23.2 Å². The van der Waals surface area contributed by atoms with Crippen LogP contribution < -0.4 is 20.3 Å². The van der Waals surface area contributed by atoms with Crippen LogP contribution in [0, 0.1) is 0 Å². The molecule has 2 amide bonds. The number of hydrogen-bond donors (Lipinski definition) is 2. The monoisotopic (exact) mass is 382 g/mol. The number of para-hydroxylation sites is 2. The highest BCUT2D eigenvalue weighted by Gasteiger charge is 2.14. The summed E-state index contributed by atoms with van der Waals surface area (Å²) in [4.78, 5) is 23.9. The molecule has 0 aliphatic carbocycles. The van der Waals surface area contributed by atoms with Crippen LogP contribution in [-0.2, 0) is 9.59 Å². The Bertz CT molecular complexity index is 846. The zero-order valence-electron chi connectivity index (χ0n) is 16.1. The van der Waals surface area contributed by atoms with Gasteiger partial charge in [-0.25, -0.2) is 10.9 Å². The zero-order chi connectivity index (χ0) is 20.5. The van der Waals surface area contributed by atoms with Gasteiger partial charge in [-0.1, -0.05) is 24.3 Å². The lowest BCUT2D eigenvalue weighted by Gasteiger charge is -2.08. The van der Waals surface area contributed by atoms with E-state index in [-0.39, 0.29) is 0 Å². The van der Waals surface area contributed by atoms with Gasteiger partial charge < -0.3 is 9.47 Å². The standard InChI is InChI=1S/C20H22N4O4/c1-13(15-9-5-7-11-17(15)27-3)21-23-19(25)20(26)24-22-14(2)16-10-6-8-12-18(16)28-4/h5-12H,1-4H3,(H,23,25)(H,24,26)/b21-13-,22-14-. The van der Waals surface area contributed by atoms with Gasteiger partial charge in [-0.15, -0.1) is 0 Å². The Hall–Kier alpha value is -3.68. The minimum atomic E-state index is -0.939. The molecule has 8 heteroatoms. The van der Waals surface area contributed by atoms with E-state index in [1.165, 1.54) is 0 Å². The van der Waals surface area contributed by atoms with Gasteiger partial charge in [0, 0.05) is 11.1 Å². The summed E-state index contributed by atoms with van der Waals surface area (Å²) in [6.07, 6.45) is 0. The number of nitrogens with one attached hydrogen (secondary N) is 2. The van der Waals surface area contributed by atoms with Crippen LogP contribution in [0.2, 0.25) is 0 Å². The predicted molar refractivity (Wildman–Crippen MR) is 107 cm³/mol. The van der Waals surface area contributed by atoms with Gasteiger partial charge in [-0.2, -0.15) is 10.2 Å². The Kier molecular flexibility index (Phi) is 7.27. The number of hydrogen-bond acceptors (Lipinski definition) is 6. The summed E-state index contributed by atoms with van der Waals surface area (Å²) in [6.45, 7) is 3.39. The van der Waals surface area contributed by atoms with Gasteiger partial charge >= 0.3 is 11.8 Å². The van der Waals surface area contributed by atoms with E-state index >= 15 is 0 Å². The van der Waals surface area contributed by atoms with E-state index in [1.54, 1.807) is 52.3 Å². The van der Waals surface area contributed by atoms with Crippen molar-refractivity contribution in [2.24, 2.45) is 10.2 Å². The quantitative estimate of drug-likeness (QED) is 0.454. The van der Waals surface area contributed by atoms with Gasteiger partial charge in [0.1, 0.15) is 11.5 Å². The second-order valence-corrected chi connectivity index (χ2v) is 5.68. The molecule has 0 unspecified atom stereocenters. The summed E-state index contributed by atoms with van der Waals surface area (Å²) in [7, 11) is 3.08. The predicted octanol–water partition coefficient (Wildman–Crippen LogP) is 2.08. The lowest BCUT2D eigenvalue weighted by molar-refractivity contribution is -0.139. The number of benzene rings is 2. The van der Waals surface area contributed by atoms with Crippen molar-refractivity contribution in [3.05, 3.63) is 59.7 Å². The van der Waals surface area contributed by atoms with Gasteiger partial charge in [0.25, 0.3) is 0 Å². The molecule has 28 heavy (non-hydrogen) atoms. The second-order valence-electron chi connectivity index (χ2n) is 5.68. The first kappa shape index (κ1) is 20.6. The third-order valence-electron chi connectivity index (χ3n) is 3.85. The molecule has 2 aromatic carbocycles. The largest absolute Gasteiger partial charge is 0.496 e. The van der Waals surface area contributed by atoms with E-state index in [4.69, 9.17) is 9.47 Å². The average Bonchev–Trinajstić information content (AvgIpc) is 2.74. The maximum atomic E-state index is 11.9. The number of rotatable bonds is 6. The van der Waals surface area contributed by atoms with Crippen molar-refractivity contribution in [1.29, 1.82) is 0 Å². The molecule has 0 spiro atoms. The molecule has 0 bridgehead atoms. The first-order valence-electron chi connectivity index (χ1n) is 8.43. The van der Waals surface area contributed by atoms with Crippen LogP contribution in [0.5, 0.6) is 11.5 Å². The van der Waals surface area contributed by atoms with E-state index in [2.05, 4.69) is 21.1 Å². The summed E-state index contributed by atoms with van der Waals surface area (Å²) in [6, 6.07) is 14.4. The number of hydrazone groups is 2. The number of carbonyl (C=O) groups excluding carboxylic acids is 2. The van der Waals surface area contributed by atoms with Crippen LogP contribution in [0.1, 0.15) is 25.0 Å². The molecule has 0 heterocycles. The smallest absolute Gasteiger partial charge is 0.331 e. The molecule has 0 aliphatic heterocycles. The Balaban J connectivity index is 2.02. The molecular weight excluding hydrogens is 360 g/mol. The van der Waals surface area contributed by atoms with E-state index in [9.17, 15) is 9.59 Å². The van der Waals surface area contributed by atoms with Crippen LogP contribution in [0.25, 0.3) is 0 Å². The van der Waals surface area contributed by atoms with E-state index in [1.807, 2.05) is 24.3 Å². The molecule has 0 aliphatic rings. The third kappa shape index (κ3) is 5.16. The highest BCUT2D eigenvalue weighted by Crippen LogP contribution is 2.18. The van der Waals surface area contributed by atoms with Crippen molar-refractivity contribution in [3.63, 3.8) is 0 Å². The minimum Gasteiger partial charge on any atom is -0.496 e. The van der Waals surface area contributed by atoms with Gasteiger partial charge in [-0.3, -0.25) is 9.59 Å². The van der Waals surface area contributed by atoms with E-state index in [0.717, 1.165) is 0 Å². The summed E-state index contributed by atoms with van der Waals surface area (Å²) < 4.78 is 10.5. The van der Waals surface area contributed by atoms with Crippen molar-refractivity contribution in [2.75, 3.05) is 14.2 Å². The Morgan fingerprint density at radius 2 is 1.07 bits per heavy atom. The van der Waals surface area contributed by atoms with Crippen molar-refractivity contribution < 1.29 is 19.1 Å². The molecule has 2 aromatic rings. The Morgan fingerprint density at radius 1 is 0.714 bits per heavy atom. The van der Waals surface area contributed by atoms with E-state index < -0.39 is 11.8 Å². The van der Waals surface area contributed by atoms with Gasteiger partial charge in [0.05, 0.1) is 25.6 Å². The summed E-state index contributed by atoms with van der Waals surface area (Å²) in [5, 5.41) is 7.89. The first-order valence-corrected chi connectivity index (χ1v) is 8.43. The zero-order valence-corrected chi connectivity index (χ0v) is 16.1. The van der Waals surface area contributed by atoms with E-state index in [0.29, 0.717) is 34.0 Å². The van der Waals surface area contributed by atoms with Crippen LogP contribution >= 0.6 is 0 Å². The molecule has 2 N–H and O–H groups in total. The minimum absolute atomic E-state index is 0.493. The molecule has 0 saturated carbocycles. The Labute approximate surface area is 163 Å². The van der Waals surface area contributed by atoms with Gasteiger partial charge in [0.15, 0.2) is 0 Å². The molecule has 0 atom stereocenters. The highest BCUT2D eigenvalue weighted by molar-refractivity contribution is 6.35. The highest BCUT2D eigenvalue weighted by atomic mass is 16.5. The molecule has 8 nitrogen and oxygen atoms in total. The number of nitrogens with zero attached hydrogens (tertiary/aromatic N) is 2. The lowest BCUT2D eigenvalue weighted by atomic mass is 10.1. The fourth-order valence-electron chi connectivity index (χ4n) is 2.38. The van der Waals surface area contributed by atoms with Crippen LogP contribution in [0.3, 0.4) is 0 Å². The average molecular weight is 382 g/mol. The molecule has 0 radical (unpaired) electrons. The molecular formula is C20H22N4O4. The number of amides is 2. The lowest BCUT2D eigenvalue weighted by Crippen LogP contribution is -2.36. The van der Waals surface area contributed by atoms with Crippen LogP contribution in [0.15, 0.2) is 58.7 Å². The fourth-order valence-corrected chi connectivity index (χ4v) is 2.38. The van der Waals surface area contributed by atoms with Crippen molar-refractivity contribution in [2.45, 2.75) is 13.8 Å². The normalized spacial score (nSPS) is 11.6. The number of ether oxygens (including phenoxy) is 2. The van der Waals surface area contributed by atoms with Crippen molar-refractivity contribution in [1.82, 2.24) is 10.9 Å². The third-order valence-corrected chi connectivity index (χ3v) is 3.85. The summed E-state index contributed by atoms with van der Waals surface area (Å²) in [5.41, 5.74) is 6.81. The SMILES string of the molecule is COc1ccccc1/C(C)=N\NC(=O)C(=O)N/N=C(/C)c1ccccc1OC. The summed E-state index contributed by atoms with van der Waals surface area (Å²) in [5.74, 6) is -0.657. The molecule has 0 fully saturated rings. The van der Waals surface area contributed by atoms with Crippen LogP contribution in [0.4, 0.5) is 0 Å². The molecule has 0 saturated heterocycles. The molecule has 0 aromatic heterocycles. The maximum Gasteiger partial charge on any atom is 0.331 e. The van der Waals surface area contributed by atoms with Gasteiger partial charge in [0.2, 0.25) is 0 Å². The second kappa shape index (κ2) is 9.86. The number of methoxy groups -OCH3 is 2. The first-order chi connectivity index (χ1) is 13.5. The molecule has 2 rings (SSSR count). The Morgan fingerprint density at radius 3 is 1.43 bits per heavy atom. The fraction of sp³-hybridized carbons (Fsp3) is 0.200. The number of carbonyl (C=O) groups is 2. The van der Waals surface area contributed by atoms with Crippen LogP contribution in [-0.4, -0.2) is 37.5 Å².